The fourth-order valence-corrected chi connectivity index (χ4v) is 1.35. The van der Waals surface area contributed by atoms with Gasteiger partial charge in [-0.1, -0.05) is 13.8 Å². The van der Waals surface area contributed by atoms with E-state index in [1.165, 1.54) is 0 Å². The minimum Gasteiger partial charge on any atom is -0.380 e. The topological polar surface area (TPSA) is 45.0 Å². The van der Waals surface area contributed by atoms with E-state index in [0.717, 1.165) is 39.0 Å². The van der Waals surface area contributed by atoms with Crippen LogP contribution in [-0.2, 0) is 4.74 Å². The Balaban J connectivity index is 3.20. The summed E-state index contributed by atoms with van der Waals surface area (Å²) in [6, 6.07) is 2.84. The second-order valence-electron chi connectivity index (χ2n) is 5.17. The number of nitrogens with zero attached hydrogens (tertiary/aromatic N) is 1. The highest BCUT2D eigenvalue weighted by molar-refractivity contribution is 4.91. The van der Waals surface area contributed by atoms with Crippen LogP contribution in [0.2, 0.25) is 0 Å². The molecule has 0 spiro atoms. The predicted octanol–water partition coefficient (Wildman–Crippen LogP) is 2.72. The minimum absolute atomic E-state index is 0.181. The van der Waals surface area contributed by atoms with Gasteiger partial charge in [0.1, 0.15) is 0 Å². The number of rotatable bonds is 9. The molecule has 0 amide bonds. The maximum atomic E-state index is 8.83. The van der Waals surface area contributed by atoms with E-state index >= 15 is 0 Å². The van der Waals surface area contributed by atoms with Gasteiger partial charge in [-0.2, -0.15) is 5.26 Å². The molecule has 0 aromatic heterocycles. The van der Waals surface area contributed by atoms with Gasteiger partial charge in [-0.15, -0.1) is 0 Å². The molecule has 0 aliphatic carbocycles. The third kappa shape index (κ3) is 9.95. The van der Waals surface area contributed by atoms with Crippen molar-refractivity contribution in [2.24, 2.45) is 5.41 Å². The zero-order valence-electron chi connectivity index (χ0n) is 11.2. The molecule has 0 heterocycles. The quantitative estimate of drug-likeness (QED) is 0.615. The first kappa shape index (κ1) is 15.4. The molecule has 0 atom stereocenters. The van der Waals surface area contributed by atoms with Crippen LogP contribution in [0.5, 0.6) is 0 Å². The molecular weight excluding hydrogens is 200 g/mol. The van der Waals surface area contributed by atoms with Crippen LogP contribution in [-0.4, -0.2) is 25.8 Å². The summed E-state index contributed by atoms with van der Waals surface area (Å²) in [6.07, 6.45) is 3.07. The summed E-state index contributed by atoms with van der Waals surface area (Å²) in [5.74, 6) is 0. The van der Waals surface area contributed by atoms with Gasteiger partial charge in [0.05, 0.1) is 18.1 Å². The maximum Gasteiger partial charge on any atom is 0.0683 e. The van der Waals surface area contributed by atoms with Gasteiger partial charge < -0.3 is 10.1 Å². The highest BCUT2D eigenvalue weighted by Crippen LogP contribution is 2.21. The largest absolute Gasteiger partial charge is 0.380 e. The molecule has 3 heteroatoms. The van der Waals surface area contributed by atoms with Crippen LogP contribution < -0.4 is 5.32 Å². The summed E-state index contributed by atoms with van der Waals surface area (Å²) in [6.45, 7) is 10.7. The lowest BCUT2D eigenvalue weighted by Crippen LogP contribution is -2.26. The molecular formula is C13H26N2O. The van der Waals surface area contributed by atoms with Crippen molar-refractivity contribution in [3.8, 4) is 6.07 Å². The van der Waals surface area contributed by atoms with Gasteiger partial charge in [0.25, 0.3) is 0 Å². The Kier molecular flexibility index (Phi) is 8.23. The number of nitrogens with one attached hydrogen (secondary N) is 1. The van der Waals surface area contributed by atoms with E-state index in [2.05, 4.69) is 25.2 Å². The second kappa shape index (κ2) is 8.55. The van der Waals surface area contributed by atoms with Crippen molar-refractivity contribution in [3.63, 3.8) is 0 Å². The van der Waals surface area contributed by atoms with Crippen molar-refractivity contribution in [3.05, 3.63) is 0 Å². The molecule has 0 aromatic rings. The van der Waals surface area contributed by atoms with Gasteiger partial charge in [-0.25, -0.2) is 0 Å². The van der Waals surface area contributed by atoms with Crippen molar-refractivity contribution in [2.45, 2.75) is 53.0 Å². The first-order valence-electron chi connectivity index (χ1n) is 6.20. The first-order valence-corrected chi connectivity index (χ1v) is 6.20. The molecule has 0 rings (SSSR count). The Morgan fingerprint density at radius 3 is 2.50 bits per heavy atom. The Morgan fingerprint density at radius 1 is 1.25 bits per heavy atom. The molecule has 16 heavy (non-hydrogen) atoms. The van der Waals surface area contributed by atoms with Crippen molar-refractivity contribution < 1.29 is 4.74 Å². The van der Waals surface area contributed by atoms with Gasteiger partial charge in [0.15, 0.2) is 0 Å². The molecule has 0 aliphatic rings. The Labute approximate surface area is 100 Å². The molecule has 0 saturated carbocycles. The summed E-state index contributed by atoms with van der Waals surface area (Å²) in [4.78, 5) is 0. The van der Waals surface area contributed by atoms with E-state index in [-0.39, 0.29) is 5.41 Å². The van der Waals surface area contributed by atoms with Crippen LogP contribution in [0.4, 0.5) is 0 Å². The normalized spacial score (nSPS) is 11.8. The number of nitriles is 1. The van der Waals surface area contributed by atoms with Crippen LogP contribution in [0.3, 0.4) is 0 Å². The van der Waals surface area contributed by atoms with Gasteiger partial charge in [0.2, 0.25) is 0 Å². The van der Waals surface area contributed by atoms with Gasteiger partial charge in [-0.3, -0.25) is 0 Å². The number of hydrogen-bond donors (Lipinski definition) is 1. The summed E-state index contributed by atoms with van der Waals surface area (Å²) in [5.41, 5.74) is -0.181. The van der Waals surface area contributed by atoms with Crippen LogP contribution in [0.1, 0.15) is 47.0 Å². The van der Waals surface area contributed by atoms with E-state index < -0.39 is 0 Å². The predicted molar refractivity (Wildman–Crippen MR) is 67.2 cm³/mol. The smallest absolute Gasteiger partial charge is 0.0683 e. The fraction of sp³-hybridized carbons (Fsp3) is 0.923. The Hall–Kier alpha value is -0.590. The maximum absolute atomic E-state index is 8.83. The molecule has 0 aliphatic heterocycles. The van der Waals surface area contributed by atoms with Crippen LogP contribution >= 0.6 is 0 Å². The average molecular weight is 226 g/mol. The number of unbranched alkanes of at least 4 members (excludes halogenated alkanes) is 1. The second-order valence-corrected chi connectivity index (χ2v) is 5.17. The molecule has 94 valence electrons. The van der Waals surface area contributed by atoms with Crippen molar-refractivity contribution in [1.82, 2.24) is 5.32 Å². The summed E-state index contributed by atoms with van der Waals surface area (Å²) in [7, 11) is 0. The molecule has 0 radical (unpaired) electrons. The molecule has 0 fully saturated rings. The monoisotopic (exact) mass is 226 g/mol. The van der Waals surface area contributed by atoms with E-state index in [0.29, 0.717) is 6.04 Å². The molecule has 0 unspecified atom stereocenters. The molecule has 3 nitrogen and oxygen atoms in total. The van der Waals surface area contributed by atoms with Crippen LogP contribution in [0, 0.1) is 16.7 Å². The summed E-state index contributed by atoms with van der Waals surface area (Å²) in [5, 5.41) is 12.1. The third-order valence-corrected chi connectivity index (χ3v) is 2.44. The zero-order chi connectivity index (χ0) is 12.4. The lowest BCUT2D eigenvalue weighted by Gasteiger charge is -2.14. The fourth-order valence-electron chi connectivity index (χ4n) is 1.35. The summed E-state index contributed by atoms with van der Waals surface area (Å²) < 4.78 is 5.49. The van der Waals surface area contributed by atoms with Crippen molar-refractivity contribution in [2.75, 3.05) is 19.8 Å². The molecule has 1 N–H and O–H groups in total. The van der Waals surface area contributed by atoms with Crippen LogP contribution in [0.25, 0.3) is 0 Å². The zero-order valence-corrected chi connectivity index (χ0v) is 11.2. The Bertz CT molecular complexity index is 206. The average Bonchev–Trinajstić information content (AvgIpc) is 2.21. The standard InChI is InChI=1S/C13H26N2O/c1-12(2)15-8-10-16-9-6-5-7-13(3,4)11-14/h12,15H,5-10H2,1-4H3. The highest BCUT2D eigenvalue weighted by Gasteiger charge is 2.15. The lowest BCUT2D eigenvalue weighted by atomic mass is 9.89. The van der Waals surface area contributed by atoms with Gasteiger partial charge >= 0.3 is 0 Å². The van der Waals surface area contributed by atoms with E-state index in [9.17, 15) is 0 Å². The third-order valence-electron chi connectivity index (χ3n) is 2.44. The van der Waals surface area contributed by atoms with Crippen molar-refractivity contribution in [1.29, 1.82) is 5.26 Å². The number of ether oxygens (including phenoxy) is 1. The lowest BCUT2D eigenvalue weighted by molar-refractivity contribution is 0.129. The Morgan fingerprint density at radius 2 is 1.94 bits per heavy atom. The SMILES string of the molecule is CC(C)NCCOCCCCC(C)(C)C#N. The number of hydrogen-bond acceptors (Lipinski definition) is 3. The molecule has 0 aromatic carbocycles. The van der Waals surface area contributed by atoms with E-state index in [4.69, 9.17) is 10.00 Å². The van der Waals surface area contributed by atoms with Gasteiger partial charge in [0, 0.05) is 19.2 Å². The van der Waals surface area contributed by atoms with Crippen molar-refractivity contribution >= 4 is 0 Å². The molecule has 0 bridgehead atoms. The van der Waals surface area contributed by atoms with Gasteiger partial charge in [-0.05, 0) is 33.1 Å². The molecule has 0 saturated heterocycles. The first-order chi connectivity index (χ1) is 7.48. The van der Waals surface area contributed by atoms with E-state index in [1.54, 1.807) is 0 Å². The van der Waals surface area contributed by atoms with Crippen LogP contribution in [0.15, 0.2) is 0 Å². The highest BCUT2D eigenvalue weighted by atomic mass is 16.5. The van der Waals surface area contributed by atoms with E-state index in [1.807, 2.05) is 13.8 Å². The summed E-state index contributed by atoms with van der Waals surface area (Å²) >= 11 is 0. The minimum atomic E-state index is -0.181.